The van der Waals surface area contributed by atoms with Gasteiger partial charge in [0.2, 0.25) is 11.6 Å². The van der Waals surface area contributed by atoms with Gasteiger partial charge in [0.25, 0.3) is 0 Å². The Labute approximate surface area is 123 Å². The predicted molar refractivity (Wildman–Crippen MR) is 78.4 cm³/mol. The van der Waals surface area contributed by atoms with Crippen molar-refractivity contribution in [3.8, 4) is 0 Å². The molecule has 0 unspecified atom stereocenters. The van der Waals surface area contributed by atoms with Crippen LogP contribution >= 0.6 is 11.6 Å². The van der Waals surface area contributed by atoms with E-state index in [1.54, 1.807) is 33.8 Å². The van der Waals surface area contributed by atoms with Crippen LogP contribution in [0.25, 0.3) is 0 Å². The lowest BCUT2D eigenvalue weighted by atomic mass is 9.96. The summed E-state index contributed by atoms with van der Waals surface area (Å²) in [5.74, 6) is 0. The van der Waals surface area contributed by atoms with Crippen LogP contribution in [0.4, 0.5) is 0 Å². The minimum atomic E-state index is -0.967. The Morgan fingerprint density at radius 2 is 1.65 bits per heavy atom. The number of halogens is 1. The van der Waals surface area contributed by atoms with E-state index in [9.17, 15) is 20.2 Å². The summed E-state index contributed by atoms with van der Waals surface area (Å²) in [7, 11) is 0. The Kier molecular flexibility index (Phi) is 7.13. The first-order valence-electron chi connectivity index (χ1n) is 6.09. The van der Waals surface area contributed by atoms with Crippen LogP contribution in [0.5, 0.6) is 0 Å². The summed E-state index contributed by atoms with van der Waals surface area (Å²) < 4.78 is 0. The van der Waals surface area contributed by atoms with Gasteiger partial charge in [0.05, 0.1) is 0 Å². The highest BCUT2D eigenvalue weighted by molar-refractivity contribution is 6.31. The predicted octanol–water partition coefficient (Wildman–Crippen LogP) is 3.61. The molecule has 0 aliphatic rings. The van der Waals surface area contributed by atoms with Gasteiger partial charge in [-0.25, -0.2) is 0 Å². The molecular weight excluding hydrogens is 284 g/mol. The summed E-state index contributed by atoms with van der Waals surface area (Å²) in [5, 5.41) is 20.8. The molecule has 1 rings (SSSR count). The van der Waals surface area contributed by atoms with E-state index in [2.05, 4.69) is 0 Å². The maximum absolute atomic E-state index is 10.7. The summed E-state index contributed by atoms with van der Waals surface area (Å²) in [6.07, 6.45) is 0.347. The van der Waals surface area contributed by atoms with Crippen molar-refractivity contribution >= 4 is 11.6 Å². The molecule has 7 heteroatoms. The monoisotopic (exact) mass is 302 g/mol. The zero-order chi connectivity index (χ0) is 15.9. The van der Waals surface area contributed by atoms with Crippen LogP contribution in [0.15, 0.2) is 24.3 Å². The second kappa shape index (κ2) is 7.79. The van der Waals surface area contributed by atoms with Gasteiger partial charge in [-0.05, 0) is 11.6 Å². The maximum atomic E-state index is 10.7. The lowest BCUT2D eigenvalue weighted by Gasteiger charge is -2.15. The van der Waals surface area contributed by atoms with Crippen LogP contribution in [0.1, 0.15) is 33.3 Å². The average molecular weight is 303 g/mol. The zero-order valence-corrected chi connectivity index (χ0v) is 12.8. The number of rotatable bonds is 4. The zero-order valence-electron chi connectivity index (χ0n) is 12.0. The fourth-order valence-corrected chi connectivity index (χ4v) is 1.37. The van der Waals surface area contributed by atoms with Crippen molar-refractivity contribution in [2.75, 3.05) is 0 Å². The molecule has 6 nitrogen and oxygen atoms in total. The Hall–Kier alpha value is -1.69. The van der Waals surface area contributed by atoms with Crippen molar-refractivity contribution in [1.29, 1.82) is 0 Å². The first kappa shape index (κ1) is 18.3. The fourth-order valence-electron chi connectivity index (χ4n) is 1.17. The van der Waals surface area contributed by atoms with Gasteiger partial charge in [-0.3, -0.25) is 20.2 Å². The third-order valence-corrected chi connectivity index (χ3v) is 2.87. The molecule has 20 heavy (non-hydrogen) atoms. The molecule has 0 fully saturated rings. The molecule has 0 saturated heterocycles. The van der Waals surface area contributed by atoms with Crippen LogP contribution in [0.2, 0.25) is 5.02 Å². The lowest BCUT2D eigenvalue weighted by molar-refractivity contribution is -0.560. The Bertz CT molecular complexity index is 475. The van der Waals surface area contributed by atoms with Gasteiger partial charge in [-0.2, -0.15) is 0 Å². The summed E-state index contributed by atoms with van der Waals surface area (Å²) in [6, 6.07) is 6.77. The minimum Gasteiger partial charge on any atom is -0.264 e. The molecule has 0 atom stereocenters. The van der Waals surface area contributed by atoms with E-state index < -0.39 is 11.6 Å². The van der Waals surface area contributed by atoms with Crippen molar-refractivity contribution < 1.29 is 9.85 Å². The molecule has 0 saturated carbocycles. The third-order valence-electron chi connectivity index (χ3n) is 2.50. The van der Waals surface area contributed by atoms with Gasteiger partial charge in [0.1, 0.15) is 0 Å². The van der Waals surface area contributed by atoms with Crippen LogP contribution in [-0.2, 0) is 6.42 Å². The van der Waals surface area contributed by atoms with Crippen LogP contribution in [-0.4, -0.2) is 21.4 Å². The quantitative estimate of drug-likeness (QED) is 0.628. The molecule has 0 amide bonds. The number of nitro groups is 2. The van der Waals surface area contributed by atoms with Gasteiger partial charge >= 0.3 is 0 Å². The molecule has 0 radical (unpaired) electrons. The number of benzene rings is 1. The normalized spacial score (nSPS) is 10.7. The molecule has 1 aromatic carbocycles. The highest BCUT2D eigenvalue weighted by Crippen LogP contribution is 2.22. The molecule has 0 bridgehead atoms. The first-order chi connectivity index (χ1) is 9.08. The van der Waals surface area contributed by atoms with Crippen molar-refractivity contribution in [3.05, 3.63) is 55.1 Å². The Balaban J connectivity index is 0.000000511. The third kappa shape index (κ3) is 6.47. The van der Waals surface area contributed by atoms with E-state index in [0.29, 0.717) is 11.4 Å². The Morgan fingerprint density at radius 3 is 2.00 bits per heavy atom. The van der Waals surface area contributed by atoms with Crippen molar-refractivity contribution in [2.45, 2.75) is 45.7 Å². The SMILES string of the molecule is CC(C)(Cc1ccccc1Cl)[N+](=O)[O-].CC(C)[N+](=O)[O-]. The summed E-state index contributed by atoms with van der Waals surface area (Å²) >= 11 is 5.91. The van der Waals surface area contributed by atoms with E-state index in [0.717, 1.165) is 5.56 Å². The van der Waals surface area contributed by atoms with Crippen LogP contribution < -0.4 is 0 Å². The summed E-state index contributed by atoms with van der Waals surface area (Å²) in [4.78, 5) is 19.6. The van der Waals surface area contributed by atoms with E-state index in [1.165, 1.54) is 0 Å². The molecule has 1 aromatic rings. The van der Waals surface area contributed by atoms with Gasteiger partial charge < -0.3 is 0 Å². The largest absolute Gasteiger partial charge is 0.264 e. The molecular formula is C13H19ClN2O4. The molecule has 112 valence electrons. The van der Waals surface area contributed by atoms with Crippen molar-refractivity contribution in [2.24, 2.45) is 0 Å². The number of hydrogen-bond donors (Lipinski definition) is 0. The van der Waals surface area contributed by atoms with Crippen LogP contribution in [0.3, 0.4) is 0 Å². The molecule has 0 aliphatic heterocycles. The molecule has 0 heterocycles. The van der Waals surface area contributed by atoms with Crippen molar-refractivity contribution in [1.82, 2.24) is 0 Å². The van der Waals surface area contributed by atoms with E-state index in [1.807, 2.05) is 18.2 Å². The molecule has 0 aliphatic carbocycles. The maximum Gasteiger partial charge on any atom is 0.220 e. The second-order valence-corrected chi connectivity index (χ2v) is 5.62. The summed E-state index contributed by atoms with van der Waals surface area (Å²) in [5.41, 5.74) is -0.152. The topological polar surface area (TPSA) is 86.3 Å². The fraction of sp³-hybridized carbons (Fsp3) is 0.538. The van der Waals surface area contributed by atoms with E-state index in [-0.39, 0.29) is 9.85 Å². The Morgan fingerprint density at radius 1 is 1.20 bits per heavy atom. The second-order valence-electron chi connectivity index (χ2n) is 5.22. The number of hydrogen-bond acceptors (Lipinski definition) is 4. The van der Waals surface area contributed by atoms with Gasteiger partial charge in [-0.1, -0.05) is 29.8 Å². The van der Waals surface area contributed by atoms with E-state index >= 15 is 0 Å². The highest BCUT2D eigenvalue weighted by atomic mass is 35.5. The highest BCUT2D eigenvalue weighted by Gasteiger charge is 2.31. The molecule has 0 aromatic heterocycles. The standard InChI is InChI=1S/C10H12ClNO2.C3H7NO2/c1-10(2,12(13)14)7-8-5-3-4-6-9(8)11;1-3(2)4(5)6/h3-6H,7H2,1-2H3;3H,1-2H3. The number of nitrogens with zero attached hydrogens (tertiary/aromatic N) is 2. The smallest absolute Gasteiger partial charge is 0.220 e. The summed E-state index contributed by atoms with van der Waals surface area (Å²) in [6.45, 7) is 6.27. The minimum absolute atomic E-state index is 0.281. The van der Waals surface area contributed by atoms with Crippen LogP contribution in [0, 0.1) is 20.2 Å². The van der Waals surface area contributed by atoms with Crippen molar-refractivity contribution in [3.63, 3.8) is 0 Å². The van der Waals surface area contributed by atoms with Gasteiger partial charge in [0.15, 0.2) is 0 Å². The molecule has 0 N–H and O–H groups in total. The van der Waals surface area contributed by atoms with Gasteiger partial charge in [0, 0.05) is 49.0 Å². The lowest BCUT2D eigenvalue weighted by Crippen LogP contribution is -2.33. The van der Waals surface area contributed by atoms with E-state index in [4.69, 9.17) is 11.6 Å². The average Bonchev–Trinajstić information content (AvgIpc) is 2.32. The molecule has 0 spiro atoms. The first-order valence-corrected chi connectivity index (χ1v) is 6.47. The van der Waals surface area contributed by atoms with Gasteiger partial charge in [-0.15, -0.1) is 0 Å².